The molecule has 0 spiro atoms. The van der Waals surface area contributed by atoms with Crippen LogP contribution in [0.2, 0.25) is 0 Å². The largest absolute Gasteiger partial charge is 0.354 e. The highest BCUT2D eigenvalue weighted by molar-refractivity contribution is 7.89. The van der Waals surface area contributed by atoms with Crippen LogP contribution in [0.25, 0.3) is 11.3 Å². The van der Waals surface area contributed by atoms with Gasteiger partial charge in [-0.2, -0.15) is 4.31 Å². The molecule has 0 bridgehead atoms. The number of fused-ring (bicyclic) bond motifs is 1. The molecule has 0 radical (unpaired) electrons. The number of benzene rings is 3. The molecule has 1 saturated heterocycles. The maximum atomic E-state index is 13.4. The number of hydrogen-bond acceptors (Lipinski definition) is 5. The minimum Gasteiger partial charge on any atom is -0.354 e. The van der Waals surface area contributed by atoms with Crippen LogP contribution >= 0.6 is 0 Å². The molecule has 0 unspecified atom stereocenters. The third-order valence-corrected chi connectivity index (χ3v) is 8.62. The molecule has 8 heteroatoms. The number of carbonyl (C=O) groups excluding carboxylic acids is 1. The van der Waals surface area contributed by atoms with Crippen molar-refractivity contribution in [3.8, 4) is 0 Å². The second-order valence-electron chi connectivity index (χ2n) is 9.80. The number of sulfonamides is 1. The van der Waals surface area contributed by atoms with Gasteiger partial charge in [-0.25, -0.2) is 8.42 Å². The molecule has 2 aliphatic heterocycles. The zero-order chi connectivity index (χ0) is 26.0. The summed E-state index contributed by atoms with van der Waals surface area (Å²) < 4.78 is 28.4. The molecular formula is C29H32N4O3S. The van der Waals surface area contributed by atoms with Crippen molar-refractivity contribution in [1.82, 2.24) is 9.21 Å². The summed E-state index contributed by atoms with van der Waals surface area (Å²) in [5, 5.41) is 6.38. The van der Waals surface area contributed by atoms with E-state index in [1.54, 1.807) is 22.5 Å². The molecular weight excluding hydrogens is 484 g/mol. The van der Waals surface area contributed by atoms with Crippen LogP contribution in [0.5, 0.6) is 0 Å². The second-order valence-corrected chi connectivity index (χ2v) is 11.7. The predicted octanol–water partition coefficient (Wildman–Crippen LogP) is 4.86. The molecule has 1 fully saturated rings. The molecule has 2 N–H and O–H groups in total. The Morgan fingerprint density at radius 2 is 1.65 bits per heavy atom. The molecule has 0 saturated carbocycles. The summed E-state index contributed by atoms with van der Waals surface area (Å²) in [6, 6.07) is 22.7. The molecule has 0 aliphatic carbocycles. The molecule has 5 rings (SSSR count). The van der Waals surface area contributed by atoms with Gasteiger partial charge in [-0.15, -0.1) is 0 Å². The van der Waals surface area contributed by atoms with E-state index in [9.17, 15) is 13.2 Å². The standard InChI is InChI=1S/C29H32N4O3S/c1-32(2)20-21-11-13-23(14-12-21)30-28(22-9-5-3-6-10-22)27-25-19-24(15-16-26(25)31-29(27)34)37(35,36)33-17-7-4-8-18-33/h3,5-6,9-16,19,30H,4,7-8,17-18,20H2,1-2H3,(H,31,34)/b28-27-. The summed E-state index contributed by atoms with van der Waals surface area (Å²) in [5.41, 5.74) is 5.10. The summed E-state index contributed by atoms with van der Waals surface area (Å²) in [6.45, 7) is 1.89. The van der Waals surface area contributed by atoms with Crippen molar-refractivity contribution in [1.29, 1.82) is 0 Å². The van der Waals surface area contributed by atoms with Gasteiger partial charge in [0.05, 0.1) is 16.2 Å². The summed E-state index contributed by atoms with van der Waals surface area (Å²) in [5.74, 6) is -0.266. The Labute approximate surface area is 218 Å². The maximum absolute atomic E-state index is 13.4. The van der Waals surface area contributed by atoms with E-state index in [0.29, 0.717) is 35.6 Å². The van der Waals surface area contributed by atoms with Crippen molar-refractivity contribution in [2.75, 3.05) is 37.8 Å². The van der Waals surface area contributed by atoms with Crippen molar-refractivity contribution >= 4 is 38.6 Å². The van der Waals surface area contributed by atoms with Gasteiger partial charge in [-0.05, 0) is 68.4 Å². The van der Waals surface area contributed by atoms with Crippen LogP contribution in [0.3, 0.4) is 0 Å². The fraction of sp³-hybridized carbons (Fsp3) is 0.276. The Hall–Kier alpha value is -3.46. The van der Waals surface area contributed by atoms with Crippen molar-refractivity contribution in [3.05, 3.63) is 89.5 Å². The predicted molar refractivity (Wildman–Crippen MR) is 148 cm³/mol. The smallest absolute Gasteiger partial charge is 0.258 e. The lowest BCUT2D eigenvalue weighted by molar-refractivity contribution is -0.110. The van der Waals surface area contributed by atoms with Gasteiger partial charge in [0.1, 0.15) is 0 Å². The first-order valence-corrected chi connectivity index (χ1v) is 14.0. The molecule has 3 aromatic rings. The molecule has 192 valence electrons. The topological polar surface area (TPSA) is 81.8 Å². The molecule has 0 atom stereocenters. The van der Waals surface area contributed by atoms with Gasteiger partial charge in [0.25, 0.3) is 5.91 Å². The van der Waals surface area contributed by atoms with E-state index in [0.717, 1.165) is 37.1 Å². The summed E-state index contributed by atoms with van der Waals surface area (Å²) in [6.07, 6.45) is 2.78. The number of nitrogens with zero attached hydrogens (tertiary/aromatic N) is 2. The summed E-state index contributed by atoms with van der Waals surface area (Å²) in [7, 11) is 0.414. The molecule has 2 heterocycles. The molecule has 7 nitrogen and oxygen atoms in total. The Kier molecular flexibility index (Phi) is 7.15. The van der Waals surface area contributed by atoms with Crippen molar-refractivity contribution in [2.24, 2.45) is 0 Å². The van der Waals surface area contributed by atoms with Gasteiger partial charge < -0.3 is 15.5 Å². The van der Waals surface area contributed by atoms with E-state index < -0.39 is 10.0 Å². The van der Waals surface area contributed by atoms with Gasteiger partial charge in [0, 0.05) is 36.6 Å². The number of anilines is 2. The lowest BCUT2D eigenvalue weighted by atomic mass is 10.00. The number of hydrogen-bond donors (Lipinski definition) is 2. The van der Waals surface area contributed by atoms with Gasteiger partial charge in [-0.1, -0.05) is 48.9 Å². The lowest BCUT2D eigenvalue weighted by Crippen LogP contribution is -2.35. The second kappa shape index (κ2) is 10.5. The summed E-state index contributed by atoms with van der Waals surface area (Å²) in [4.78, 5) is 15.6. The van der Waals surface area contributed by atoms with E-state index in [1.165, 1.54) is 5.56 Å². The number of rotatable bonds is 7. The van der Waals surface area contributed by atoms with E-state index >= 15 is 0 Å². The van der Waals surface area contributed by atoms with Crippen LogP contribution in [-0.2, 0) is 21.4 Å². The quantitative estimate of drug-likeness (QED) is 0.439. The Morgan fingerprint density at radius 3 is 2.32 bits per heavy atom. The van der Waals surface area contributed by atoms with Crippen LogP contribution in [0.15, 0.2) is 77.7 Å². The first-order chi connectivity index (χ1) is 17.8. The minimum absolute atomic E-state index is 0.211. The fourth-order valence-electron chi connectivity index (χ4n) is 4.90. The fourth-order valence-corrected chi connectivity index (χ4v) is 6.44. The third kappa shape index (κ3) is 5.32. The minimum atomic E-state index is -3.64. The highest BCUT2D eigenvalue weighted by Gasteiger charge is 2.32. The highest BCUT2D eigenvalue weighted by Crippen LogP contribution is 2.39. The number of amides is 1. The van der Waals surface area contributed by atoms with Gasteiger partial charge in [-0.3, -0.25) is 4.79 Å². The van der Waals surface area contributed by atoms with E-state index in [2.05, 4.69) is 27.7 Å². The Morgan fingerprint density at radius 1 is 0.946 bits per heavy atom. The van der Waals surface area contributed by atoms with Crippen LogP contribution < -0.4 is 10.6 Å². The van der Waals surface area contributed by atoms with Gasteiger partial charge >= 0.3 is 0 Å². The van der Waals surface area contributed by atoms with Gasteiger partial charge in [0.2, 0.25) is 10.0 Å². The van der Waals surface area contributed by atoms with Crippen molar-refractivity contribution < 1.29 is 13.2 Å². The average Bonchev–Trinajstić information content (AvgIpc) is 3.23. The zero-order valence-corrected chi connectivity index (χ0v) is 22.0. The molecule has 3 aromatic carbocycles. The normalized spacial score (nSPS) is 17.4. The summed E-state index contributed by atoms with van der Waals surface area (Å²) >= 11 is 0. The van der Waals surface area contributed by atoms with Crippen molar-refractivity contribution in [2.45, 2.75) is 30.7 Å². The molecule has 0 aromatic heterocycles. The van der Waals surface area contributed by atoms with Crippen LogP contribution in [0, 0.1) is 0 Å². The number of carbonyl (C=O) groups is 1. The molecule has 37 heavy (non-hydrogen) atoms. The van der Waals surface area contributed by atoms with E-state index in [1.807, 2.05) is 56.6 Å². The zero-order valence-electron chi connectivity index (χ0n) is 21.2. The van der Waals surface area contributed by atoms with Crippen LogP contribution in [-0.4, -0.2) is 50.7 Å². The number of nitrogens with one attached hydrogen (secondary N) is 2. The van der Waals surface area contributed by atoms with Crippen molar-refractivity contribution in [3.63, 3.8) is 0 Å². The Balaban J connectivity index is 1.58. The molecule has 1 amide bonds. The monoisotopic (exact) mass is 516 g/mol. The van der Waals surface area contributed by atoms with E-state index in [-0.39, 0.29) is 10.8 Å². The first-order valence-electron chi connectivity index (χ1n) is 12.6. The number of piperidine rings is 1. The Bertz CT molecular complexity index is 1430. The van der Waals surface area contributed by atoms with Crippen LogP contribution in [0.4, 0.5) is 11.4 Å². The van der Waals surface area contributed by atoms with Gasteiger partial charge in [0.15, 0.2) is 0 Å². The first kappa shape index (κ1) is 25.2. The van der Waals surface area contributed by atoms with Crippen LogP contribution in [0.1, 0.15) is 36.0 Å². The lowest BCUT2D eigenvalue weighted by Gasteiger charge is -2.26. The average molecular weight is 517 g/mol. The SMILES string of the molecule is CN(C)Cc1ccc(N/C(=C2\C(=O)Nc3ccc(S(=O)(=O)N4CCCCC4)cc32)c2ccccc2)cc1. The maximum Gasteiger partial charge on any atom is 0.258 e. The third-order valence-electron chi connectivity index (χ3n) is 6.72. The highest BCUT2D eigenvalue weighted by atomic mass is 32.2. The van der Waals surface area contributed by atoms with E-state index in [4.69, 9.17) is 0 Å². The molecule has 2 aliphatic rings.